The van der Waals surface area contributed by atoms with Crippen molar-refractivity contribution in [3.8, 4) is 0 Å². The van der Waals surface area contributed by atoms with Gasteiger partial charge in [0.1, 0.15) is 0 Å². The van der Waals surface area contributed by atoms with Gasteiger partial charge < -0.3 is 0 Å². The summed E-state index contributed by atoms with van der Waals surface area (Å²) in [6.07, 6.45) is 0. The monoisotopic (exact) mass is 194 g/mol. The lowest BCUT2D eigenvalue weighted by Crippen LogP contribution is -2.65. The Kier molecular flexibility index (Phi) is 2.25. The molecule has 0 amide bonds. The first-order valence-corrected chi connectivity index (χ1v) is 4.26. The van der Waals surface area contributed by atoms with Crippen molar-refractivity contribution >= 4 is 0 Å². The fourth-order valence-corrected chi connectivity index (χ4v) is 1.06. The molecule has 12 heavy (non-hydrogen) atoms. The summed E-state index contributed by atoms with van der Waals surface area (Å²) in [5.74, 6) is 0. The van der Waals surface area contributed by atoms with Crippen LogP contribution in [0, 0.1) is 24.1 Å². The van der Waals surface area contributed by atoms with Crippen molar-refractivity contribution < 1.29 is 28.6 Å². The fraction of sp³-hybridized carbons (Fsp3) is 0.400. The SMILES string of the molecule is Cc1cc(C)n(O[Cl+3]([O-])([O-])[O-])n1. The average Bonchev–Trinajstić information content (AvgIpc) is 2.06. The molecule has 7 heteroatoms. The van der Waals surface area contributed by atoms with Crippen LogP contribution in [0.25, 0.3) is 0 Å². The van der Waals surface area contributed by atoms with Crippen molar-refractivity contribution in [2.75, 3.05) is 0 Å². The molecular formula is C5H7ClN2O4. The first-order chi connectivity index (χ1) is 5.38. The summed E-state index contributed by atoms with van der Waals surface area (Å²) in [4.78, 5) is 0.666. The van der Waals surface area contributed by atoms with E-state index in [-0.39, 0.29) is 0 Å². The lowest BCUT2D eigenvalue weighted by Gasteiger charge is -2.10. The van der Waals surface area contributed by atoms with Crippen molar-refractivity contribution in [2.24, 2.45) is 0 Å². The zero-order valence-electron chi connectivity index (χ0n) is 6.48. The zero-order valence-corrected chi connectivity index (χ0v) is 7.24. The molecule has 0 saturated heterocycles. The second kappa shape index (κ2) is 2.91. The molecule has 68 valence electrons. The van der Waals surface area contributed by atoms with Gasteiger partial charge >= 0.3 is 0 Å². The number of rotatable bonds is 2. The molecule has 0 unspecified atom stereocenters. The second-order valence-electron chi connectivity index (χ2n) is 2.25. The Bertz CT molecular complexity index is 279. The molecule has 1 aromatic rings. The quantitative estimate of drug-likeness (QED) is 0.495. The molecule has 0 aliphatic heterocycles. The number of halogens is 1. The summed E-state index contributed by atoms with van der Waals surface area (Å²) >= 11 is 0. The molecule has 0 spiro atoms. The highest BCUT2D eigenvalue weighted by molar-refractivity contribution is 5.04. The first-order valence-electron chi connectivity index (χ1n) is 3.02. The number of aryl methyl sites for hydroxylation is 2. The number of aromatic nitrogens is 2. The number of hydrogen-bond acceptors (Lipinski definition) is 5. The topological polar surface area (TPSA) is 96.2 Å². The smallest absolute Gasteiger partial charge is 0.164 e. The van der Waals surface area contributed by atoms with Crippen LogP contribution in [-0.4, -0.2) is 9.94 Å². The van der Waals surface area contributed by atoms with Crippen molar-refractivity contribution in [1.29, 1.82) is 0 Å². The van der Waals surface area contributed by atoms with Crippen molar-refractivity contribution in [3.63, 3.8) is 0 Å². The predicted octanol–water partition coefficient (Wildman–Crippen LogP) is -3.17. The minimum absolute atomic E-state index is 0.444. The summed E-state index contributed by atoms with van der Waals surface area (Å²) in [5.41, 5.74) is 1.02. The lowest BCUT2D eigenvalue weighted by molar-refractivity contribution is -1.92. The summed E-state index contributed by atoms with van der Waals surface area (Å²) < 4.78 is 34.2. The van der Waals surface area contributed by atoms with Gasteiger partial charge in [0.2, 0.25) is 0 Å². The Morgan fingerprint density at radius 1 is 1.42 bits per heavy atom. The van der Waals surface area contributed by atoms with Crippen LogP contribution >= 0.6 is 0 Å². The van der Waals surface area contributed by atoms with Gasteiger partial charge in [-0.2, -0.15) is 14.0 Å². The van der Waals surface area contributed by atoms with E-state index >= 15 is 0 Å². The molecule has 6 nitrogen and oxygen atoms in total. The van der Waals surface area contributed by atoms with Crippen LogP contribution in [0.2, 0.25) is 0 Å². The van der Waals surface area contributed by atoms with Crippen LogP contribution < -0.4 is 18.4 Å². The molecule has 0 aliphatic carbocycles. The zero-order chi connectivity index (χ0) is 9.35. The Labute approximate surface area is 70.7 Å². The van der Waals surface area contributed by atoms with Gasteiger partial charge in [-0.25, -0.2) is 0 Å². The second-order valence-corrected chi connectivity index (χ2v) is 3.14. The third kappa shape index (κ3) is 2.35. The van der Waals surface area contributed by atoms with Crippen molar-refractivity contribution in [2.45, 2.75) is 13.8 Å². The van der Waals surface area contributed by atoms with Crippen LogP contribution in [0.15, 0.2) is 6.07 Å². The number of hydrogen-bond donors (Lipinski definition) is 0. The molecule has 1 rings (SSSR count). The van der Waals surface area contributed by atoms with E-state index < -0.39 is 10.2 Å². The third-order valence-electron chi connectivity index (χ3n) is 1.12. The largest absolute Gasteiger partial charge is 0.173 e. The fourth-order valence-electron chi connectivity index (χ4n) is 0.758. The van der Waals surface area contributed by atoms with Gasteiger partial charge in [-0.15, -0.1) is 5.10 Å². The number of nitrogens with zero attached hydrogens (tertiary/aromatic N) is 2. The molecule has 0 N–H and O–H groups in total. The standard InChI is InChI=1S/C5H7ClN2O4/c1-4-3-5(2)8(7-4)12-6(9,10)11/h3H,1-2H3. The molecule has 1 heterocycles. The molecule has 0 bridgehead atoms. The van der Waals surface area contributed by atoms with Gasteiger partial charge in [-0.1, -0.05) is 0 Å². The van der Waals surface area contributed by atoms with Crippen LogP contribution in [0.3, 0.4) is 0 Å². The Hall–Kier alpha value is -0.820. The van der Waals surface area contributed by atoms with Crippen LogP contribution in [0.5, 0.6) is 0 Å². The summed E-state index contributed by atoms with van der Waals surface area (Å²) in [6, 6.07) is 1.58. The molecular weight excluding hydrogens is 188 g/mol. The predicted molar refractivity (Wildman–Crippen MR) is 28.3 cm³/mol. The van der Waals surface area contributed by atoms with E-state index in [9.17, 15) is 14.0 Å². The molecule has 0 saturated carbocycles. The van der Waals surface area contributed by atoms with E-state index in [2.05, 4.69) is 9.49 Å². The summed E-state index contributed by atoms with van der Waals surface area (Å²) in [5, 5.41) is 3.60. The van der Waals surface area contributed by atoms with Crippen LogP contribution in [0.1, 0.15) is 11.4 Å². The normalized spacial score (nSPS) is 11.8. The molecule has 0 atom stereocenters. The van der Waals surface area contributed by atoms with Gasteiger partial charge in [0.05, 0.1) is 15.8 Å². The highest BCUT2D eigenvalue weighted by Crippen LogP contribution is 2.00. The molecule has 0 aromatic carbocycles. The first kappa shape index (κ1) is 9.27. The van der Waals surface area contributed by atoms with E-state index in [1.807, 2.05) is 0 Å². The Morgan fingerprint density at radius 2 is 2.00 bits per heavy atom. The van der Waals surface area contributed by atoms with Gasteiger partial charge in [-0.3, -0.25) is 0 Å². The highest BCUT2D eigenvalue weighted by atomic mass is 35.7. The summed E-state index contributed by atoms with van der Waals surface area (Å²) in [6.45, 7) is 3.22. The average molecular weight is 195 g/mol. The van der Waals surface area contributed by atoms with Gasteiger partial charge in [0.15, 0.2) is 10.2 Å². The maximum atomic E-state index is 10.1. The lowest BCUT2D eigenvalue weighted by atomic mass is 10.4. The highest BCUT2D eigenvalue weighted by Gasteiger charge is 2.21. The molecule has 0 fully saturated rings. The van der Waals surface area contributed by atoms with Gasteiger partial charge in [0, 0.05) is 4.85 Å². The Morgan fingerprint density at radius 3 is 2.33 bits per heavy atom. The maximum absolute atomic E-state index is 10.1. The minimum Gasteiger partial charge on any atom is -0.164 e. The maximum Gasteiger partial charge on any atom is 0.173 e. The van der Waals surface area contributed by atoms with E-state index in [0.717, 1.165) is 0 Å². The molecule has 1 aromatic heterocycles. The third-order valence-corrected chi connectivity index (χ3v) is 1.42. The van der Waals surface area contributed by atoms with E-state index in [4.69, 9.17) is 0 Å². The summed E-state index contributed by atoms with van der Waals surface area (Å²) in [7, 11) is -4.47. The van der Waals surface area contributed by atoms with E-state index in [1.54, 1.807) is 19.9 Å². The molecule has 0 aliphatic rings. The van der Waals surface area contributed by atoms with Gasteiger partial charge in [0.25, 0.3) is 0 Å². The van der Waals surface area contributed by atoms with Crippen LogP contribution in [0.4, 0.5) is 0 Å². The van der Waals surface area contributed by atoms with E-state index in [0.29, 0.717) is 16.2 Å². The van der Waals surface area contributed by atoms with Crippen LogP contribution in [-0.2, 0) is 0 Å². The molecule has 0 radical (unpaired) electrons. The van der Waals surface area contributed by atoms with Crippen molar-refractivity contribution in [3.05, 3.63) is 17.5 Å². The van der Waals surface area contributed by atoms with E-state index in [1.165, 1.54) is 0 Å². The van der Waals surface area contributed by atoms with Gasteiger partial charge in [-0.05, 0) is 19.9 Å². The van der Waals surface area contributed by atoms with Crippen molar-refractivity contribution in [1.82, 2.24) is 9.94 Å². The Balaban J connectivity index is 2.82. The minimum atomic E-state index is -4.47.